The zero-order chi connectivity index (χ0) is 18.6. The normalized spacial score (nSPS) is 12.9. The van der Waals surface area contributed by atoms with Gasteiger partial charge in [0.1, 0.15) is 24.7 Å². The van der Waals surface area contributed by atoms with E-state index in [1.807, 2.05) is 30.3 Å². The van der Waals surface area contributed by atoms with Crippen molar-refractivity contribution in [1.82, 2.24) is 5.43 Å². The van der Waals surface area contributed by atoms with Crippen molar-refractivity contribution in [3.63, 3.8) is 0 Å². The molecule has 1 aromatic heterocycles. The molecule has 2 aromatic carbocycles. The van der Waals surface area contributed by atoms with Crippen molar-refractivity contribution in [1.29, 1.82) is 0 Å². The van der Waals surface area contributed by atoms with Gasteiger partial charge in [-0.05, 0) is 42.5 Å². The maximum atomic E-state index is 12.2. The molecule has 0 aliphatic carbocycles. The van der Waals surface area contributed by atoms with Crippen LogP contribution in [-0.4, -0.2) is 25.3 Å². The van der Waals surface area contributed by atoms with Crippen LogP contribution in [0.3, 0.4) is 0 Å². The number of hydrogen-bond acceptors (Lipinski definition) is 5. The number of ether oxygens (including phenoxy) is 2. The highest BCUT2D eigenvalue weighted by atomic mass is 79.9. The van der Waals surface area contributed by atoms with E-state index in [0.29, 0.717) is 36.0 Å². The van der Waals surface area contributed by atoms with E-state index in [1.54, 1.807) is 24.3 Å². The van der Waals surface area contributed by atoms with Crippen molar-refractivity contribution in [2.45, 2.75) is 0 Å². The summed E-state index contributed by atoms with van der Waals surface area (Å²) < 4.78 is 17.6. The number of carbonyl (C=O) groups excluding carboxylic acids is 1. The van der Waals surface area contributed by atoms with Crippen LogP contribution in [0.25, 0.3) is 11.3 Å². The Morgan fingerprint density at radius 2 is 1.78 bits per heavy atom. The molecule has 27 heavy (non-hydrogen) atoms. The zero-order valence-corrected chi connectivity index (χ0v) is 15.7. The molecule has 0 saturated heterocycles. The van der Waals surface area contributed by atoms with Crippen molar-refractivity contribution >= 4 is 28.1 Å². The van der Waals surface area contributed by atoms with Crippen LogP contribution in [-0.2, 0) is 0 Å². The fraction of sp³-hybridized carbons (Fsp3) is 0.100. The summed E-state index contributed by atoms with van der Waals surface area (Å²) in [6, 6.07) is 16.4. The number of benzene rings is 2. The van der Waals surface area contributed by atoms with E-state index in [1.165, 1.54) is 6.21 Å². The highest BCUT2D eigenvalue weighted by molar-refractivity contribution is 9.10. The Kier molecular flexibility index (Phi) is 4.93. The highest BCUT2D eigenvalue weighted by Gasteiger charge is 2.14. The van der Waals surface area contributed by atoms with Crippen LogP contribution in [0.5, 0.6) is 11.5 Å². The quantitative estimate of drug-likeness (QED) is 0.499. The average Bonchev–Trinajstić information content (AvgIpc) is 3.17. The first kappa shape index (κ1) is 17.4. The Morgan fingerprint density at radius 1 is 1.00 bits per heavy atom. The smallest absolute Gasteiger partial charge is 0.271 e. The van der Waals surface area contributed by atoms with Gasteiger partial charge in [-0.1, -0.05) is 28.1 Å². The summed E-state index contributed by atoms with van der Waals surface area (Å²) in [5.74, 6) is 2.11. The monoisotopic (exact) mass is 426 g/mol. The van der Waals surface area contributed by atoms with E-state index in [4.69, 9.17) is 13.9 Å². The van der Waals surface area contributed by atoms with Crippen LogP contribution in [0, 0.1) is 0 Å². The van der Waals surface area contributed by atoms with E-state index in [0.717, 1.165) is 15.8 Å². The molecule has 1 aliphatic heterocycles. The van der Waals surface area contributed by atoms with E-state index in [-0.39, 0.29) is 5.91 Å². The second-order valence-electron chi connectivity index (χ2n) is 5.77. The van der Waals surface area contributed by atoms with Crippen molar-refractivity contribution in [2.24, 2.45) is 5.10 Å². The predicted octanol–water partition coefficient (Wildman–Crippen LogP) is 4.24. The van der Waals surface area contributed by atoms with Crippen LogP contribution in [0.1, 0.15) is 16.1 Å². The van der Waals surface area contributed by atoms with Crippen molar-refractivity contribution in [2.75, 3.05) is 13.2 Å². The summed E-state index contributed by atoms with van der Waals surface area (Å²) in [6.07, 6.45) is 1.46. The van der Waals surface area contributed by atoms with Gasteiger partial charge < -0.3 is 13.9 Å². The van der Waals surface area contributed by atoms with Gasteiger partial charge in [0.15, 0.2) is 11.5 Å². The Hall–Kier alpha value is -3.06. The number of fused-ring (bicyclic) bond motifs is 1. The SMILES string of the molecule is O=C(N/N=C/c1ccc(-c2ccc(Br)cc2)o1)c1ccc2c(c1)OCCO2. The van der Waals surface area contributed by atoms with Gasteiger partial charge in [0.25, 0.3) is 5.91 Å². The first-order valence-corrected chi connectivity index (χ1v) is 9.07. The lowest BCUT2D eigenvalue weighted by molar-refractivity contribution is 0.0954. The van der Waals surface area contributed by atoms with Crippen LogP contribution in [0.15, 0.2) is 68.6 Å². The number of nitrogens with zero attached hydrogens (tertiary/aromatic N) is 1. The molecule has 1 N–H and O–H groups in total. The molecular weight excluding hydrogens is 412 g/mol. The van der Waals surface area contributed by atoms with E-state index in [2.05, 4.69) is 26.5 Å². The summed E-state index contributed by atoms with van der Waals surface area (Å²) in [5, 5.41) is 3.95. The molecular formula is C20H15BrN2O4. The number of hydrazone groups is 1. The molecule has 0 saturated carbocycles. The predicted molar refractivity (Wildman–Crippen MR) is 104 cm³/mol. The van der Waals surface area contributed by atoms with Crippen LogP contribution in [0.4, 0.5) is 0 Å². The van der Waals surface area contributed by atoms with Crippen molar-refractivity contribution < 1.29 is 18.7 Å². The fourth-order valence-electron chi connectivity index (χ4n) is 2.60. The third-order valence-corrected chi connectivity index (χ3v) is 4.45. The fourth-order valence-corrected chi connectivity index (χ4v) is 2.86. The topological polar surface area (TPSA) is 73.1 Å². The standard InChI is InChI=1S/C20H15BrN2O4/c21-15-4-1-13(2-5-15)17-8-6-16(27-17)12-22-23-20(24)14-3-7-18-19(11-14)26-10-9-25-18/h1-8,11-12H,9-10H2,(H,23,24)/b22-12+. The van der Waals surface area contributed by atoms with Crippen LogP contribution >= 0.6 is 15.9 Å². The van der Waals surface area contributed by atoms with Gasteiger partial charge in [-0.2, -0.15) is 5.10 Å². The summed E-state index contributed by atoms with van der Waals surface area (Å²) in [4.78, 5) is 12.2. The van der Waals surface area contributed by atoms with Crippen molar-refractivity contribution in [3.8, 4) is 22.8 Å². The number of halogens is 1. The lowest BCUT2D eigenvalue weighted by atomic mass is 10.2. The van der Waals surface area contributed by atoms with Gasteiger partial charge in [0.2, 0.25) is 0 Å². The number of amides is 1. The third kappa shape index (κ3) is 4.03. The number of nitrogens with one attached hydrogen (secondary N) is 1. The minimum absolute atomic E-state index is 0.345. The Bertz CT molecular complexity index is 995. The molecule has 0 fully saturated rings. The lowest BCUT2D eigenvalue weighted by Gasteiger charge is -2.18. The highest BCUT2D eigenvalue weighted by Crippen LogP contribution is 2.30. The Balaban J connectivity index is 1.40. The molecule has 0 bridgehead atoms. The van der Waals surface area contributed by atoms with Crippen molar-refractivity contribution in [3.05, 3.63) is 70.4 Å². The lowest BCUT2D eigenvalue weighted by Crippen LogP contribution is -2.19. The Morgan fingerprint density at radius 3 is 2.59 bits per heavy atom. The maximum absolute atomic E-state index is 12.2. The second kappa shape index (κ2) is 7.67. The summed E-state index contributed by atoms with van der Waals surface area (Å²) in [7, 11) is 0. The molecule has 6 nitrogen and oxygen atoms in total. The maximum Gasteiger partial charge on any atom is 0.271 e. The van der Waals surface area contributed by atoms with Gasteiger partial charge in [-0.3, -0.25) is 4.79 Å². The van der Waals surface area contributed by atoms with Gasteiger partial charge >= 0.3 is 0 Å². The van der Waals surface area contributed by atoms with Gasteiger partial charge in [-0.25, -0.2) is 5.43 Å². The Labute approximate surface area is 163 Å². The van der Waals surface area contributed by atoms with Crippen LogP contribution in [0.2, 0.25) is 0 Å². The summed E-state index contributed by atoms with van der Waals surface area (Å²) in [6.45, 7) is 0.976. The molecule has 4 rings (SSSR count). The number of carbonyl (C=O) groups is 1. The van der Waals surface area contributed by atoms with Crippen LogP contribution < -0.4 is 14.9 Å². The average molecular weight is 427 g/mol. The summed E-state index contributed by atoms with van der Waals surface area (Å²) in [5.41, 5.74) is 3.87. The molecule has 3 aromatic rings. The minimum atomic E-state index is -0.345. The number of hydrogen-bond donors (Lipinski definition) is 1. The van der Waals surface area contributed by atoms with E-state index >= 15 is 0 Å². The molecule has 0 atom stereocenters. The largest absolute Gasteiger partial charge is 0.486 e. The molecule has 0 radical (unpaired) electrons. The summed E-state index contributed by atoms with van der Waals surface area (Å²) >= 11 is 3.40. The molecule has 136 valence electrons. The minimum Gasteiger partial charge on any atom is -0.486 e. The van der Waals surface area contributed by atoms with E-state index < -0.39 is 0 Å². The first-order valence-electron chi connectivity index (χ1n) is 8.28. The third-order valence-electron chi connectivity index (χ3n) is 3.92. The number of furan rings is 1. The molecule has 7 heteroatoms. The molecule has 2 heterocycles. The van der Waals surface area contributed by atoms with Gasteiger partial charge in [-0.15, -0.1) is 0 Å². The van der Waals surface area contributed by atoms with Gasteiger partial charge in [0, 0.05) is 15.6 Å². The van der Waals surface area contributed by atoms with Gasteiger partial charge in [0.05, 0.1) is 6.21 Å². The molecule has 0 unspecified atom stereocenters. The molecule has 1 aliphatic rings. The van der Waals surface area contributed by atoms with E-state index in [9.17, 15) is 4.79 Å². The molecule has 0 spiro atoms. The first-order chi connectivity index (χ1) is 13.2. The molecule has 1 amide bonds. The zero-order valence-electron chi connectivity index (χ0n) is 14.1. The number of rotatable bonds is 4. The second-order valence-corrected chi connectivity index (χ2v) is 6.68.